The number of esters is 2. The van der Waals surface area contributed by atoms with E-state index in [1.165, 1.54) is 63.4 Å². The van der Waals surface area contributed by atoms with Gasteiger partial charge in [-0.05, 0) is 12.3 Å². The number of nitrogens with zero attached hydrogens (tertiary/aromatic N) is 2. The first kappa shape index (κ1) is 27.5. The van der Waals surface area contributed by atoms with Crippen LogP contribution in [0.1, 0.15) is 97.0 Å². The molecule has 1 aliphatic rings. The number of fused-ring (bicyclic) bond motifs is 1. The summed E-state index contributed by atoms with van der Waals surface area (Å²) in [4.78, 5) is 39.4. The third kappa shape index (κ3) is 8.23. The fraction of sp³-hybridized carbons (Fsp3) is 0.630. The molecule has 0 unspecified atom stereocenters. The molecule has 3 heterocycles. The summed E-state index contributed by atoms with van der Waals surface area (Å²) in [6.07, 6.45) is 10.6. The van der Waals surface area contributed by atoms with E-state index in [1.54, 1.807) is 12.3 Å². The van der Waals surface area contributed by atoms with Gasteiger partial charge in [0.25, 0.3) is 0 Å². The Morgan fingerprint density at radius 3 is 2.53 bits per heavy atom. The van der Waals surface area contributed by atoms with Crippen molar-refractivity contribution in [2.75, 3.05) is 6.61 Å². The summed E-state index contributed by atoms with van der Waals surface area (Å²) < 4.78 is 23.2. The highest BCUT2D eigenvalue weighted by Gasteiger charge is 2.39. The van der Waals surface area contributed by atoms with Crippen LogP contribution in [0, 0.1) is 11.8 Å². The minimum atomic E-state index is -0.731. The van der Waals surface area contributed by atoms with Gasteiger partial charge in [-0.3, -0.25) is 14.2 Å². The molecule has 3 rings (SSSR count). The normalized spacial score (nSPS) is 19.1. The molecule has 0 aliphatic carbocycles. The van der Waals surface area contributed by atoms with Gasteiger partial charge in [0.2, 0.25) is 5.71 Å². The molecule has 0 amide bonds. The zero-order valence-electron chi connectivity index (χ0n) is 21.4. The van der Waals surface area contributed by atoms with Crippen LogP contribution in [0.5, 0.6) is 0 Å². The van der Waals surface area contributed by atoms with E-state index in [1.807, 2.05) is 0 Å². The van der Waals surface area contributed by atoms with Crippen LogP contribution in [0.2, 0.25) is 0 Å². The van der Waals surface area contributed by atoms with E-state index in [0.717, 1.165) is 12.8 Å². The molecule has 0 N–H and O–H groups in total. The number of hydrogen-bond donors (Lipinski definition) is 0. The Bertz CT molecular complexity index is 1140. The Hall–Kier alpha value is -3.12. The van der Waals surface area contributed by atoms with Gasteiger partial charge in [0.05, 0.1) is 5.39 Å². The third-order valence-corrected chi connectivity index (χ3v) is 6.06. The average Bonchev–Trinajstić information content (AvgIpc) is 3.40. The van der Waals surface area contributed by atoms with E-state index in [9.17, 15) is 14.4 Å². The first-order valence-corrected chi connectivity index (χ1v) is 12.8. The molecule has 0 saturated carbocycles. The number of hydrogen-bond acceptors (Lipinski definition) is 8. The van der Waals surface area contributed by atoms with Crippen LogP contribution in [-0.4, -0.2) is 40.3 Å². The first-order valence-electron chi connectivity index (χ1n) is 12.8. The molecule has 9 heteroatoms. The monoisotopic (exact) mass is 500 g/mol. The lowest BCUT2D eigenvalue weighted by molar-refractivity contribution is -0.155. The summed E-state index contributed by atoms with van der Waals surface area (Å²) >= 11 is 0. The average molecular weight is 501 g/mol. The van der Waals surface area contributed by atoms with Crippen LogP contribution >= 0.6 is 0 Å². The van der Waals surface area contributed by atoms with Gasteiger partial charge in [0.15, 0.2) is 5.76 Å². The first-order chi connectivity index (χ1) is 17.4. The maximum atomic E-state index is 12.7. The Morgan fingerprint density at radius 1 is 1.11 bits per heavy atom. The Morgan fingerprint density at radius 2 is 1.83 bits per heavy atom. The molecule has 0 bridgehead atoms. The molecular weight excluding hydrogens is 464 g/mol. The number of aromatic nitrogens is 2. The summed E-state index contributed by atoms with van der Waals surface area (Å²) in [5.74, 6) is 5.65. The van der Waals surface area contributed by atoms with E-state index in [-0.39, 0.29) is 18.7 Å². The van der Waals surface area contributed by atoms with Gasteiger partial charge in [-0.1, -0.05) is 57.8 Å². The molecule has 2 aromatic rings. The SMILES string of the molecule is CCCCCCCCCCC#Cc1cc2cn([C@H]3C[C@H](OC(C)=O)[C@@H](COC(C)=O)O3)c(=O)nc2o1. The second-order valence-electron chi connectivity index (χ2n) is 9.14. The van der Waals surface area contributed by atoms with Crippen LogP contribution < -0.4 is 5.69 Å². The predicted molar refractivity (Wildman–Crippen MR) is 133 cm³/mol. The molecule has 1 aliphatic heterocycles. The third-order valence-electron chi connectivity index (χ3n) is 6.06. The van der Waals surface area contributed by atoms with E-state index >= 15 is 0 Å². The van der Waals surface area contributed by atoms with Gasteiger partial charge < -0.3 is 18.6 Å². The standard InChI is InChI=1S/C27H36N2O7/c1-4-5-6-7-8-9-10-11-12-13-14-22-15-21-17-29(27(32)28-26(21)35-22)25-16-23(34-20(3)31)24(36-25)18-33-19(2)30/h15,17,23-25H,4-12,16,18H2,1-3H3/t23-,24+,25+/m0/s1. The number of ether oxygens (including phenoxy) is 3. The van der Waals surface area contributed by atoms with Crippen molar-refractivity contribution in [1.82, 2.24) is 9.55 Å². The van der Waals surface area contributed by atoms with Crippen molar-refractivity contribution in [3.8, 4) is 11.8 Å². The van der Waals surface area contributed by atoms with Crippen LogP contribution in [0.3, 0.4) is 0 Å². The van der Waals surface area contributed by atoms with E-state index in [0.29, 0.717) is 11.1 Å². The molecular formula is C27H36N2O7. The second-order valence-corrected chi connectivity index (χ2v) is 9.14. The van der Waals surface area contributed by atoms with Crippen molar-refractivity contribution in [3.05, 3.63) is 28.5 Å². The van der Waals surface area contributed by atoms with Crippen molar-refractivity contribution >= 4 is 23.0 Å². The molecule has 2 aromatic heterocycles. The zero-order valence-corrected chi connectivity index (χ0v) is 21.4. The van der Waals surface area contributed by atoms with Gasteiger partial charge in [0, 0.05) is 39.0 Å². The van der Waals surface area contributed by atoms with E-state index in [2.05, 4.69) is 23.7 Å². The minimum absolute atomic E-state index is 0.0848. The smallest absolute Gasteiger partial charge is 0.353 e. The Kier molecular flexibility index (Phi) is 10.6. The fourth-order valence-corrected chi connectivity index (χ4v) is 4.25. The van der Waals surface area contributed by atoms with Crippen LogP contribution in [0.25, 0.3) is 11.1 Å². The lowest BCUT2D eigenvalue weighted by Crippen LogP contribution is -2.31. The number of carbonyl (C=O) groups excluding carboxylic acids is 2. The Labute approximate surface area is 211 Å². The van der Waals surface area contributed by atoms with Crippen molar-refractivity contribution in [2.45, 2.75) is 103 Å². The molecule has 3 atom stereocenters. The maximum Gasteiger partial charge on any atom is 0.353 e. The molecule has 196 valence electrons. The molecule has 0 radical (unpaired) electrons. The summed E-state index contributed by atoms with van der Waals surface area (Å²) in [6.45, 7) is 4.71. The fourth-order valence-electron chi connectivity index (χ4n) is 4.25. The van der Waals surface area contributed by atoms with Crippen LogP contribution in [0.15, 0.2) is 21.5 Å². The number of rotatable bonds is 12. The highest BCUT2D eigenvalue weighted by molar-refractivity contribution is 5.73. The lowest BCUT2D eigenvalue weighted by Gasteiger charge is -2.17. The van der Waals surface area contributed by atoms with Crippen molar-refractivity contribution in [3.63, 3.8) is 0 Å². The molecule has 1 saturated heterocycles. The van der Waals surface area contributed by atoms with Crippen molar-refractivity contribution < 1.29 is 28.2 Å². The van der Waals surface area contributed by atoms with Gasteiger partial charge in [0.1, 0.15) is 25.0 Å². The van der Waals surface area contributed by atoms with E-state index < -0.39 is 36.1 Å². The van der Waals surface area contributed by atoms with Crippen molar-refractivity contribution in [2.24, 2.45) is 0 Å². The largest absolute Gasteiger partial charge is 0.463 e. The lowest BCUT2D eigenvalue weighted by atomic mass is 10.1. The molecule has 36 heavy (non-hydrogen) atoms. The van der Waals surface area contributed by atoms with Gasteiger partial charge in [-0.2, -0.15) is 4.98 Å². The number of unbranched alkanes of at least 4 members (excludes halogenated alkanes) is 8. The second kappa shape index (κ2) is 13.8. The molecule has 1 fully saturated rings. The predicted octanol–water partition coefficient (Wildman–Crippen LogP) is 4.65. The topological polar surface area (TPSA) is 110 Å². The molecule has 0 spiro atoms. The highest BCUT2D eigenvalue weighted by Crippen LogP contribution is 2.31. The summed E-state index contributed by atoms with van der Waals surface area (Å²) in [5, 5.41) is 0.613. The minimum Gasteiger partial charge on any atom is -0.463 e. The van der Waals surface area contributed by atoms with Gasteiger partial charge >= 0.3 is 17.6 Å². The molecule has 0 aromatic carbocycles. The number of furan rings is 1. The van der Waals surface area contributed by atoms with Crippen LogP contribution in [-0.2, 0) is 23.8 Å². The van der Waals surface area contributed by atoms with Crippen molar-refractivity contribution in [1.29, 1.82) is 0 Å². The van der Waals surface area contributed by atoms with Gasteiger partial charge in [-0.25, -0.2) is 4.79 Å². The highest BCUT2D eigenvalue weighted by atomic mass is 16.6. The van der Waals surface area contributed by atoms with Crippen LogP contribution in [0.4, 0.5) is 0 Å². The summed E-state index contributed by atoms with van der Waals surface area (Å²) in [7, 11) is 0. The number of carbonyl (C=O) groups is 2. The van der Waals surface area contributed by atoms with Gasteiger partial charge in [-0.15, -0.1) is 0 Å². The molecule has 9 nitrogen and oxygen atoms in total. The quantitative estimate of drug-likeness (QED) is 0.235. The van der Waals surface area contributed by atoms with E-state index in [4.69, 9.17) is 18.6 Å². The zero-order chi connectivity index (χ0) is 25.9. The Balaban J connectivity index is 1.59. The summed E-state index contributed by atoms with van der Waals surface area (Å²) in [6, 6.07) is 1.74. The maximum absolute atomic E-state index is 12.7. The summed E-state index contributed by atoms with van der Waals surface area (Å²) in [5.41, 5.74) is -0.353.